The summed E-state index contributed by atoms with van der Waals surface area (Å²) in [5.41, 5.74) is 1.74. The quantitative estimate of drug-likeness (QED) is 0.836. The molecule has 5 heteroatoms. The molecule has 2 rings (SSSR count). The SMILES string of the molecule is Cc1ccccc1C(O)CNS(=O)(=O)CC1CCC1. The van der Waals surface area contributed by atoms with Crippen molar-refractivity contribution in [1.82, 2.24) is 4.72 Å². The van der Waals surface area contributed by atoms with Crippen LogP contribution in [0, 0.1) is 12.8 Å². The number of hydrogen-bond donors (Lipinski definition) is 2. The molecule has 1 atom stereocenters. The van der Waals surface area contributed by atoms with Gasteiger partial charge in [-0.3, -0.25) is 0 Å². The maximum Gasteiger partial charge on any atom is 0.211 e. The Morgan fingerprint density at radius 1 is 1.37 bits per heavy atom. The summed E-state index contributed by atoms with van der Waals surface area (Å²) in [5.74, 6) is 0.487. The van der Waals surface area contributed by atoms with E-state index in [2.05, 4.69) is 4.72 Å². The molecule has 0 aliphatic heterocycles. The van der Waals surface area contributed by atoms with Crippen LogP contribution in [0.5, 0.6) is 0 Å². The Hall–Kier alpha value is -0.910. The number of benzene rings is 1. The molecule has 0 radical (unpaired) electrons. The summed E-state index contributed by atoms with van der Waals surface area (Å²) in [6.07, 6.45) is 2.34. The molecule has 1 saturated carbocycles. The Bertz CT molecular complexity index is 523. The van der Waals surface area contributed by atoms with Crippen LogP contribution in [0.15, 0.2) is 24.3 Å². The monoisotopic (exact) mass is 283 g/mol. The first-order valence-electron chi connectivity index (χ1n) is 6.69. The average molecular weight is 283 g/mol. The van der Waals surface area contributed by atoms with Crippen LogP contribution >= 0.6 is 0 Å². The molecule has 1 aliphatic carbocycles. The molecule has 0 bridgehead atoms. The fourth-order valence-electron chi connectivity index (χ4n) is 2.31. The smallest absolute Gasteiger partial charge is 0.211 e. The Kier molecular flexibility index (Phi) is 4.60. The zero-order valence-electron chi connectivity index (χ0n) is 11.2. The van der Waals surface area contributed by atoms with E-state index >= 15 is 0 Å². The molecular weight excluding hydrogens is 262 g/mol. The molecular formula is C14H21NO3S. The number of rotatable bonds is 6. The van der Waals surface area contributed by atoms with Crippen molar-refractivity contribution in [2.75, 3.05) is 12.3 Å². The molecule has 106 valence electrons. The molecule has 4 nitrogen and oxygen atoms in total. The normalized spacial score (nSPS) is 18.0. The van der Waals surface area contributed by atoms with Gasteiger partial charge in [-0.1, -0.05) is 30.7 Å². The lowest BCUT2D eigenvalue weighted by atomic mass is 9.87. The maximum atomic E-state index is 11.8. The van der Waals surface area contributed by atoms with E-state index in [1.54, 1.807) is 0 Å². The van der Waals surface area contributed by atoms with Crippen molar-refractivity contribution in [3.8, 4) is 0 Å². The van der Waals surface area contributed by atoms with Gasteiger partial charge in [0.05, 0.1) is 11.9 Å². The van der Waals surface area contributed by atoms with Gasteiger partial charge >= 0.3 is 0 Å². The minimum absolute atomic E-state index is 0.0416. The van der Waals surface area contributed by atoms with E-state index in [1.807, 2.05) is 31.2 Å². The van der Waals surface area contributed by atoms with Gasteiger partial charge in [-0.15, -0.1) is 0 Å². The van der Waals surface area contributed by atoms with Gasteiger partial charge in [0.2, 0.25) is 10.0 Å². The summed E-state index contributed by atoms with van der Waals surface area (Å²) in [6, 6.07) is 7.46. The van der Waals surface area contributed by atoms with E-state index < -0.39 is 16.1 Å². The standard InChI is InChI=1S/C14H21NO3S/c1-11-5-2-3-8-13(11)14(16)9-15-19(17,18)10-12-6-4-7-12/h2-3,5,8,12,14-16H,4,6-7,9-10H2,1H3. The number of aliphatic hydroxyl groups excluding tert-OH is 1. The Morgan fingerprint density at radius 3 is 2.63 bits per heavy atom. The number of sulfonamides is 1. The summed E-state index contributed by atoms with van der Waals surface area (Å²) >= 11 is 0. The molecule has 0 amide bonds. The van der Waals surface area contributed by atoms with E-state index in [0.29, 0.717) is 5.92 Å². The van der Waals surface area contributed by atoms with Gasteiger partial charge in [0.1, 0.15) is 0 Å². The highest BCUT2D eigenvalue weighted by molar-refractivity contribution is 7.89. The van der Waals surface area contributed by atoms with Gasteiger partial charge < -0.3 is 5.11 Å². The molecule has 2 N–H and O–H groups in total. The number of nitrogens with one attached hydrogen (secondary N) is 1. The number of aryl methyl sites for hydroxylation is 1. The molecule has 0 saturated heterocycles. The Labute approximate surface area is 114 Å². The summed E-state index contributed by atoms with van der Waals surface area (Å²) < 4.78 is 26.2. The largest absolute Gasteiger partial charge is 0.387 e. The fourth-order valence-corrected chi connectivity index (χ4v) is 3.79. The highest BCUT2D eigenvalue weighted by atomic mass is 32.2. The average Bonchev–Trinajstić information content (AvgIpc) is 2.32. The topological polar surface area (TPSA) is 66.4 Å². The molecule has 0 aromatic heterocycles. The lowest BCUT2D eigenvalue weighted by molar-refractivity contribution is 0.181. The van der Waals surface area contributed by atoms with Gasteiger partial charge in [-0.2, -0.15) is 0 Å². The van der Waals surface area contributed by atoms with Crippen molar-refractivity contribution >= 4 is 10.0 Å². The van der Waals surface area contributed by atoms with Crippen LogP contribution in [0.1, 0.15) is 36.5 Å². The zero-order valence-corrected chi connectivity index (χ0v) is 12.0. The first-order valence-corrected chi connectivity index (χ1v) is 8.34. The summed E-state index contributed by atoms with van der Waals surface area (Å²) in [7, 11) is -3.27. The predicted molar refractivity (Wildman–Crippen MR) is 75.3 cm³/mol. The molecule has 1 aromatic rings. The third-order valence-corrected chi connectivity index (χ3v) is 5.24. The van der Waals surface area contributed by atoms with Gasteiger partial charge in [0.25, 0.3) is 0 Å². The van der Waals surface area contributed by atoms with Crippen LogP contribution in [0.25, 0.3) is 0 Å². The van der Waals surface area contributed by atoms with Crippen molar-refractivity contribution in [3.63, 3.8) is 0 Å². The molecule has 0 heterocycles. The Balaban J connectivity index is 1.89. The molecule has 1 aliphatic rings. The third-order valence-electron chi connectivity index (χ3n) is 3.72. The highest BCUT2D eigenvalue weighted by Crippen LogP contribution is 2.27. The Morgan fingerprint density at radius 2 is 2.05 bits per heavy atom. The van der Waals surface area contributed by atoms with Crippen LogP contribution in [0.4, 0.5) is 0 Å². The lowest BCUT2D eigenvalue weighted by Crippen LogP contribution is -2.34. The second-order valence-electron chi connectivity index (χ2n) is 5.30. The second-order valence-corrected chi connectivity index (χ2v) is 7.15. The maximum absolute atomic E-state index is 11.8. The van der Waals surface area contributed by atoms with E-state index in [1.165, 1.54) is 0 Å². The minimum atomic E-state index is -3.27. The van der Waals surface area contributed by atoms with Crippen LogP contribution in [-0.2, 0) is 10.0 Å². The first kappa shape index (κ1) is 14.5. The van der Waals surface area contributed by atoms with E-state index in [4.69, 9.17) is 0 Å². The van der Waals surface area contributed by atoms with E-state index in [9.17, 15) is 13.5 Å². The van der Waals surface area contributed by atoms with Crippen LogP contribution < -0.4 is 4.72 Å². The molecule has 1 fully saturated rings. The first-order chi connectivity index (χ1) is 8.98. The highest BCUT2D eigenvalue weighted by Gasteiger charge is 2.25. The third kappa shape index (κ3) is 4.03. The van der Waals surface area contributed by atoms with Crippen molar-refractivity contribution in [2.24, 2.45) is 5.92 Å². The van der Waals surface area contributed by atoms with Crippen LogP contribution in [0.3, 0.4) is 0 Å². The second kappa shape index (κ2) is 6.03. The van der Waals surface area contributed by atoms with E-state index in [0.717, 1.165) is 30.4 Å². The number of aliphatic hydroxyl groups is 1. The summed E-state index contributed by atoms with van der Waals surface area (Å²) in [6.45, 7) is 1.95. The summed E-state index contributed by atoms with van der Waals surface area (Å²) in [4.78, 5) is 0. The lowest BCUT2D eigenvalue weighted by Gasteiger charge is -2.25. The van der Waals surface area contributed by atoms with Gasteiger partial charge in [0, 0.05) is 6.54 Å². The molecule has 1 aromatic carbocycles. The van der Waals surface area contributed by atoms with Gasteiger partial charge in [0.15, 0.2) is 0 Å². The fraction of sp³-hybridized carbons (Fsp3) is 0.571. The van der Waals surface area contributed by atoms with Crippen molar-refractivity contribution in [1.29, 1.82) is 0 Å². The van der Waals surface area contributed by atoms with Crippen LogP contribution in [0.2, 0.25) is 0 Å². The summed E-state index contributed by atoms with van der Waals surface area (Å²) in [5, 5.41) is 10.0. The minimum Gasteiger partial charge on any atom is -0.387 e. The van der Waals surface area contributed by atoms with Crippen molar-refractivity contribution < 1.29 is 13.5 Å². The van der Waals surface area contributed by atoms with Crippen molar-refractivity contribution in [2.45, 2.75) is 32.3 Å². The molecule has 0 spiro atoms. The molecule has 19 heavy (non-hydrogen) atoms. The predicted octanol–water partition coefficient (Wildman–Crippen LogP) is 1.75. The van der Waals surface area contributed by atoms with Crippen molar-refractivity contribution in [3.05, 3.63) is 35.4 Å². The van der Waals surface area contributed by atoms with E-state index in [-0.39, 0.29) is 12.3 Å². The van der Waals surface area contributed by atoms with Crippen LogP contribution in [-0.4, -0.2) is 25.8 Å². The molecule has 1 unspecified atom stereocenters. The van der Waals surface area contributed by atoms with Gasteiger partial charge in [-0.05, 0) is 36.8 Å². The zero-order chi connectivity index (χ0) is 13.9. The number of hydrogen-bond acceptors (Lipinski definition) is 3. The van der Waals surface area contributed by atoms with Gasteiger partial charge in [-0.25, -0.2) is 13.1 Å².